The Labute approximate surface area is 129 Å². The molecule has 21 heavy (non-hydrogen) atoms. The summed E-state index contributed by atoms with van der Waals surface area (Å²) in [5.41, 5.74) is 1.01. The molecule has 0 fully saturated rings. The Balaban J connectivity index is 2.04. The molecule has 0 aliphatic rings. The van der Waals surface area contributed by atoms with Crippen LogP contribution in [-0.4, -0.2) is 16.2 Å². The highest BCUT2D eigenvalue weighted by molar-refractivity contribution is 6.30. The topological polar surface area (TPSA) is 60.2 Å². The van der Waals surface area contributed by atoms with Crippen LogP contribution in [0.4, 0.5) is 0 Å². The van der Waals surface area contributed by atoms with E-state index in [4.69, 9.17) is 20.8 Å². The molecular weight excluding hydrogens is 290 g/mol. The summed E-state index contributed by atoms with van der Waals surface area (Å²) in [5.74, 6) is 1.86. The maximum atomic E-state index is 6.05. The fourth-order valence-corrected chi connectivity index (χ4v) is 1.96. The highest BCUT2D eigenvalue weighted by atomic mass is 35.5. The zero-order chi connectivity index (χ0) is 15.2. The highest BCUT2D eigenvalue weighted by Gasteiger charge is 2.09. The first-order chi connectivity index (χ1) is 10.1. The molecule has 0 amide bonds. The minimum Gasteiger partial charge on any atom is -0.483 e. The summed E-state index contributed by atoms with van der Waals surface area (Å²) in [6, 6.07) is 5.95. The van der Waals surface area contributed by atoms with Crippen LogP contribution in [-0.2, 0) is 19.6 Å². The monoisotopic (exact) mass is 309 g/mol. The van der Waals surface area contributed by atoms with Gasteiger partial charge in [0.05, 0.1) is 0 Å². The van der Waals surface area contributed by atoms with Crippen LogP contribution in [0.15, 0.2) is 22.6 Å². The molecule has 1 N–H and O–H groups in total. The van der Waals surface area contributed by atoms with Gasteiger partial charge in [0.2, 0.25) is 5.89 Å². The number of nitrogens with zero attached hydrogens (tertiary/aromatic N) is 2. The molecule has 0 bridgehead atoms. The lowest BCUT2D eigenvalue weighted by Crippen LogP contribution is -2.22. The number of aryl methyl sites for hydroxylation is 1. The van der Waals surface area contributed by atoms with Crippen LogP contribution in [0.25, 0.3) is 0 Å². The first kappa shape index (κ1) is 15.8. The quantitative estimate of drug-likeness (QED) is 0.849. The largest absolute Gasteiger partial charge is 0.483 e. The molecule has 2 rings (SSSR count). The number of benzene rings is 1. The number of nitrogens with one attached hydrogen (secondary N) is 1. The average molecular weight is 310 g/mol. The van der Waals surface area contributed by atoms with E-state index in [1.807, 2.05) is 19.1 Å². The van der Waals surface area contributed by atoms with Crippen LogP contribution >= 0.6 is 11.6 Å². The molecule has 0 atom stereocenters. The lowest BCUT2D eigenvalue weighted by molar-refractivity contribution is 0.256. The van der Waals surface area contributed by atoms with Crippen molar-refractivity contribution in [3.8, 4) is 5.75 Å². The lowest BCUT2D eigenvalue weighted by atomic mass is 10.2. The van der Waals surface area contributed by atoms with Gasteiger partial charge in [-0.05, 0) is 18.2 Å². The molecule has 114 valence electrons. The molecule has 5 nitrogen and oxygen atoms in total. The van der Waals surface area contributed by atoms with E-state index >= 15 is 0 Å². The van der Waals surface area contributed by atoms with Gasteiger partial charge < -0.3 is 14.5 Å². The number of halogens is 1. The summed E-state index contributed by atoms with van der Waals surface area (Å²) in [6.45, 7) is 7.10. The third kappa shape index (κ3) is 4.72. The van der Waals surface area contributed by atoms with Crippen molar-refractivity contribution in [2.24, 2.45) is 0 Å². The molecular formula is C15H20ClN3O2. The Kier molecular flexibility index (Phi) is 5.59. The van der Waals surface area contributed by atoms with Crippen molar-refractivity contribution in [2.75, 3.05) is 0 Å². The first-order valence-corrected chi connectivity index (χ1v) is 7.42. The number of ether oxygens (including phenoxy) is 1. The number of hydrogen-bond acceptors (Lipinski definition) is 5. The van der Waals surface area contributed by atoms with Gasteiger partial charge in [-0.15, -0.1) is 10.2 Å². The zero-order valence-corrected chi connectivity index (χ0v) is 13.3. The molecule has 0 saturated heterocycles. The summed E-state index contributed by atoms with van der Waals surface area (Å²) in [5, 5.41) is 11.9. The van der Waals surface area contributed by atoms with Gasteiger partial charge >= 0.3 is 0 Å². The van der Waals surface area contributed by atoms with Crippen molar-refractivity contribution >= 4 is 11.6 Å². The second-order valence-electron chi connectivity index (χ2n) is 5.02. The minimum absolute atomic E-state index is 0.253. The highest BCUT2D eigenvalue weighted by Crippen LogP contribution is 2.24. The molecule has 0 unspecified atom stereocenters. The lowest BCUT2D eigenvalue weighted by Gasteiger charge is -2.13. The van der Waals surface area contributed by atoms with E-state index in [0.29, 0.717) is 29.4 Å². The van der Waals surface area contributed by atoms with E-state index in [9.17, 15) is 0 Å². The number of hydrogen-bond donors (Lipinski definition) is 1. The van der Waals surface area contributed by atoms with Gasteiger partial charge in [-0.1, -0.05) is 32.4 Å². The Morgan fingerprint density at radius 3 is 2.71 bits per heavy atom. The summed E-state index contributed by atoms with van der Waals surface area (Å²) < 4.78 is 11.2. The van der Waals surface area contributed by atoms with Crippen LogP contribution < -0.4 is 10.1 Å². The van der Waals surface area contributed by atoms with Gasteiger partial charge in [0.15, 0.2) is 6.61 Å². The van der Waals surface area contributed by atoms with Crippen molar-refractivity contribution in [2.45, 2.75) is 46.4 Å². The molecule has 1 aromatic heterocycles. The molecule has 1 heterocycles. The molecule has 0 saturated carbocycles. The van der Waals surface area contributed by atoms with E-state index < -0.39 is 0 Å². The second-order valence-corrected chi connectivity index (χ2v) is 5.46. The van der Waals surface area contributed by atoms with Gasteiger partial charge in [0, 0.05) is 29.6 Å². The zero-order valence-electron chi connectivity index (χ0n) is 12.5. The van der Waals surface area contributed by atoms with E-state index in [0.717, 1.165) is 17.7 Å². The molecule has 0 aliphatic heterocycles. The van der Waals surface area contributed by atoms with Crippen molar-refractivity contribution in [3.63, 3.8) is 0 Å². The molecule has 0 spiro atoms. The Hall–Kier alpha value is -1.59. The smallest absolute Gasteiger partial charge is 0.253 e. The van der Waals surface area contributed by atoms with Crippen LogP contribution in [0.5, 0.6) is 5.75 Å². The van der Waals surface area contributed by atoms with Crippen LogP contribution in [0.3, 0.4) is 0 Å². The molecule has 0 aliphatic carbocycles. The van der Waals surface area contributed by atoms with E-state index in [1.54, 1.807) is 6.07 Å². The van der Waals surface area contributed by atoms with E-state index in [2.05, 4.69) is 29.4 Å². The van der Waals surface area contributed by atoms with Crippen LogP contribution in [0, 0.1) is 0 Å². The fraction of sp³-hybridized carbons (Fsp3) is 0.467. The van der Waals surface area contributed by atoms with Crippen LogP contribution in [0.1, 0.15) is 38.1 Å². The van der Waals surface area contributed by atoms with Gasteiger partial charge in [0.1, 0.15) is 5.75 Å². The average Bonchev–Trinajstić information content (AvgIpc) is 2.92. The predicted octanol–water partition coefficient (Wildman–Crippen LogP) is 3.36. The summed E-state index contributed by atoms with van der Waals surface area (Å²) in [7, 11) is 0. The second kappa shape index (κ2) is 7.43. The van der Waals surface area contributed by atoms with E-state index in [-0.39, 0.29) is 6.61 Å². The number of rotatable bonds is 7. The summed E-state index contributed by atoms with van der Waals surface area (Å²) >= 11 is 6.05. The molecule has 0 radical (unpaired) electrons. The Morgan fingerprint density at radius 1 is 1.29 bits per heavy atom. The molecule has 1 aromatic carbocycles. The SMILES string of the molecule is CCc1nnc(COc2ccc(Cl)cc2CNC(C)C)o1. The van der Waals surface area contributed by atoms with Crippen LogP contribution in [0.2, 0.25) is 5.02 Å². The third-order valence-electron chi connectivity index (χ3n) is 2.89. The normalized spacial score (nSPS) is 11.1. The maximum Gasteiger partial charge on any atom is 0.253 e. The van der Waals surface area contributed by atoms with Gasteiger partial charge in [0.25, 0.3) is 5.89 Å². The minimum atomic E-state index is 0.253. The standard InChI is InChI=1S/C15H20ClN3O2/c1-4-14-18-19-15(21-14)9-20-13-6-5-12(16)7-11(13)8-17-10(2)3/h5-7,10,17H,4,8-9H2,1-3H3. The van der Waals surface area contributed by atoms with Crippen molar-refractivity contribution in [3.05, 3.63) is 40.6 Å². The maximum absolute atomic E-state index is 6.05. The number of aromatic nitrogens is 2. The van der Waals surface area contributed by atoms with Crippen molar-refractivity contribution < 1.29 is 9.15 Å². The Bertz CT molecular complexity index is 584. The van der Waals surface area contributed by atoms with E-state index in [1.165, 1.54) is 0 Å². The fourth-order valence-electron chi connectivity index (χ4n) is 1.77. The predicted molar refractivity (Wildman–Crippen MR) is 81.4 cm³/mol. The summed E-state index contributed by atoms with van der Waals surface area (Å²) in [6.07, 6.45) is 0.720. The van der Waals surface area contributed by atoms with Crippen molar-refractivity contribution in [1.82, 2.24) is 15.5 Å². The molecule has 2 aromatic rings. The summed E-state index contributed by atoms with van der Waals surface area (Å²) in [4.78, 5) is 0. The van der Waals surface area contributed by atoms with Gasteiger partial charge in [-0.25, -0.2) is 0 Å². The van der Waals surface area contributed by atoms with Gasteiger partial charge in [-0.3, -0.25) is 0 Å². The first-order valence-electron chi connectivity index (χ1n) is 7.04. The third-order valence-corrected chi connectivity index (χ3v) is 3.12. The Morgan fingerprint density at radius 2 is 2.05 bits per heavy atom. The van der Waals surface area contributed by atoms with Gasteiger partial charge in [-0.2, -0.15) is 0 Å². The van der Waals surface area contributed by atoms with Crippen molar-refractivity contribution in [1.29, 1.82) is 0 Å². The molecule has 6 heteroatoms.